The summed E-state index contributed by atoms with van der Waals surface area (Å²) < 4.78 is 5.71. The van der Waals surface area contributed by atoms with Crippen LogP contribution in [-0.4, -0.2) is 35.4 Å². The van der Waals surface area contributed by atoms with Gasteiger partial charge in [0.05, 0.1) is 24.7 Å². The summed E-state index contributed by atoms with van der Waals surface area (Å²) in [4.78, 5) is 24.4. The number of carbonyl (C=O) groups is 2. The van der Waals surface area contributed by atoms with Gasteiger partial charge in [0.1, 0.15) is 0 Å². The Morgan fingerprint density at radius 2 is 2.04 bits per heavy atom. The number of nitrogens with one attached hydrogen (secondary N) is 1. The summed E-state index contributed by atoms with van der Waals surface area (Å²) in [5.41, 5.74) is 0.814. The van der Waals surface area contributed by atoms with Crippen molar-refractivity contribution < 1.29 is 19.4 Å². The summed E-state index contributed by atoms with van der Waals surface area (Å²) in [6, 6.07) is 7.13. The Hall–Kier alpha value is -1.53. The normalized spacial score (nSPS) is 21.4. The minimum atomic E-state index is -0.929. The van der Waals surface area contributed by atoms with Crippen molar-refractivity contribution in [3.05, 3.63) is 29.8 Å². The van der Waals surface area contributed by atoms with Crippen LogP contribution in [0.3, 0.4) is 0 Å². The van der Waals surface area contributed by atoms with Crippen LogP contribution in [0, 0.1) is 0 Å². The van der Waals surface area contributed by atoms with Crippen LogP contribution in [-0.2, 0) is 14.3 Å². The molecule has 2 N–H and O–H groups in total. The van der Waals surface area contributed by atoms with Crippen LogP contribution >= 0.6 is 11.8 Å². The molecule has 0 aromatic heterocycles. The van der Waals surface area contributed by atoms with Crippen molar-refractivity contribution in [3.8, 4) is 0 Å². The van der Waals surface area contributed by atoms with Gasteiger partial charge in [-0.2, -0.15) is 0 Å². The third kappa shape index (κ3) is 5.83. The van der Waals surface area contributed by atoms with Gasteiger partial charge < -0.3 is 15.2 Å². The largest absolute Gasteiger partial charge is 0.481 e. The van der Waals surface area contributed by atoms with Crippen LogP contribution in [0.4, 0.5) is 0 Å². The minimum Gasteiger partial charge on any atom is -0.481 e. The lowest BCUT2D eigenvalue weighted by Gasteiger charge is -2.18. The van der Waals surface area contributed by atoms with Gasteiger partial charge in [0.15, 0.2) is 0 Å². The molecule has 24 heavy (non-hydrogen) atoms. The topological polar surface area (TPSA) is 75.6 Å². The summed E-state index contributed by atoms with van der Waals surface area (Å²) >= 11 is 1.62. The summed E-state index contributed by atoms with van der Waals surface area (Å²) in [6.45, 7) is 2.04. The van der Waals surface area contributed by atoms with E-state index in [0.29, 0.717) is 12.8 Å². The Kier molecular flexibility index (Phi) is 7.12. The molecule has 2 rings (SSSR count). The predicted octanol–water partition coefficient (Wildman–Crippen LogP) is 3.39. The van der Waals surface area contributed by atoms with Crippen LogP contribution in [0.25, 0.3) is 0 Å². The lowest BCUT2D eigenvalue weighted by Crippen LogP contribution is -2.30. The zero-order chi connectivity index (χ0) is 17.5. The van der Waals surface area contributed by atoms with E-state index in [9.17, 15) is 9.59 Å². The van der Waals surface area contributed by atoms with Crippen LogP contribution < -0.4 is 5.32 Å². The Morgan fingerprint density at radius 1 is 1.33 bits per heavy atom. The summed E-state index contributed by atoms with van der Waals surface area (Å²) in [5.74, 6) is -1.06. The highest BCUT2D eigenvalue weighted by Gasteiger charge is 2.23. The van der Waals surface area contributed by atoms with Gasteiger partial charge in [0, 0.05) is 11.3 Å². The Bertz CT molecular complexity index is 561. The number of ether oxygens (including phenoxy) is 1. The van der Waals surface area contributed by atoms with Crippen LogP contribution in [0.2, 0.25) is 0 Å². The highest BCUT2D eigenvalue weighted by molar-refractivity contribution is 7.98. The zero-order valence-electron chi connectivity index (χ0n) is 14.2. The summed E-state index contributed by atoms with van der Waals surface area (Å²) in [7, 11) is 0. The fourth-order valence-electron chi connectivity index (χ4n) is 2.92. The first-order chi connectivity index (χ1) is 11.5. The average Bonchev–Trinajstić information content (AvgIpc) is 2.97. The van der Waals surface area contributed by atoms with E-state index < -0.39 is 12.0 Å². The molecule has 0 aliphatic carbocycles. The van der Waals surface area contributed by atoms with Gasteiger partial charge in [0.2, 0.25) is 5.91 Å². The maximum absolute atomic E-state index is 12.2. The van der Waals surface area contributed by atoms with E-state index in [1.807, 2.05) is 37.4 Å². The predicted molar refractivity (Wildman–Crippen MR) is 94.2 cm³/mol. The standard InChI is InChI=1S/C18H25NO4S/c1-12-3-6-14(23-12)7-10-17(20)19-16(11-18(21)22)13-4-8-15(24-2)9-5-13/h4-5,8-9,12,14,16H,3,6-7,10-11H2,1-2H3,(H,19,20)(H,21,22). The van der Waals surface area contributed by atoms with Gasteiger partial charge >= 0.3 is 5.97 Å². The van der Waals surface area contributed by atoms with Crippen molar-refractivity contribution in [3.63, 3.8) is 0 Å². The second-order valence-corrected chi connectivity index (χ2v) is 7.06. The van der Waals surface area contributed by atoms with Crippen molar-refractivity contribution >= 4 is 23.6 Å². The van der Waals surface area contributed by atoms with Crippen molar-refractivity contribution in [1.29, 1.82) is 0 Å². The summed E-state index contributed by atoms with van der Waals surface area (Å²) in [6.07, 6.45) is 5.34. The molecule has 1 amide bonds. The first kappa shape index (κ1) is 18.8. The molecule has 1 saturated heterocycles. The van der Waals surface area contributed by atoms with Gasteiger partial charge in [-0.3, -0.25) is 9.59 Å². The van der Waals surface area contributed by atoms with E-state index >= 15 is 0 Å². The first-order valence-corrected chi connectivity index (χ1v) is 9.51. The highest BCUT2D eigenvalue weighted by atomic mass is 32.2. The number of rotatable bonds is 8. The van der Waals surface area contributed by atoms with Gasteiger partial charge in [-0.25, -0.2) is 0 Å². The molecule has 3 unspecified atom stereocenters. The lowest BCUT2D eigenvalue weighted by atomic mass is 10.0. The molecule has 1 aromatic carbocycles. The molecule has 5 nitrogen and oxygen atoms in total. The minimum absolute atomic E-state index is 0.124. The van der Waals surface area contributed by atoms with Crippen LogP contribution in [0.15, 0.2) is 29.2 Å². The molecular weight excluding hydrogens is 326 g/mol. The molecule has 0 radical (unpaired) electrons. The van der Waals surface area contributed by atoms with Crippen molar-refractivity contribution in [2.24, 2.45) is 0 Å². The Labute approximate surface area is 147 Å². The molecule has 1 heterocycles. The number of amides is 1. The number of carbonyl (C=O) groups excluding carboxylic acids is 1. The molecule has 0 spiro atoms. The molecule has 132 valence electrons. The maximum Gasteiger partial charge on any atom is 0.305 e. The van der Waals surface area contributed by atoms with E-state index in [4.69, 9.17) is 9.84 Å². The number of aliphatic carboxylic acids is 1. The number of hydrogen-bond donors (Lipinski definition) is 2. The SMILES string of the molecule is CSc1ccc(C(CC(=O)O)NC(=O)CCC2CCC(C)O2)cc1. The van der Waals surface area contributed by atoms with Crippen LogP contribution in [0.5, 0.6) is 0 Å². The number of carboxylic acid groups (broad SMARTS) is 1. The third-order valence-corrected chi connectivity index (χ3v) is 4.99. The average molecular weight is 351 g/mol. The fraction of sp³-hybridized carbons (Fsp3) is 0.556. The van der Waals surface area contributed by atoms with Gasteiger partial charge in [-0.05, 0) is 50.1 Å². The molecular formula is C18H25NO4S. The fourth-order valence-corrected chi connectivity index (χ4v) is 3.33. The van der Waals surface area contributed by atoms with E-state index in [-0.39, 0.29) is 24.5 Å². The number of thioether (sulfide) groups is 1. The third-order valence-electron chi connectivity index (χ3n) is 4.25. The lowest BCUT2D eigenvalue weighted by molar-refractivity contribution is -0.137. The number of hydrogen-bond acceptors (Lipinski definition) is 4. The second-order valence-electron chi connectivity index (χ2n) is 6.18. The second kappa shape index (κ2) is 9.08. The van der Waals surface area contributed by atoms with Crippen molar-refractivity contribution in [2.45, 2.75) is 62.2 Å². The maximum atomic E-state index is 12.2. The van der Waals surface area contributed by atoms with E-state index in [1.165, 1.54) is 0 Å². The van der Waals surface area contributed by atoms with Gasteiger partial charge in [-0.15, -0.1) is 11.8 Å². The molecule has 0 saturated carbocycles. The molecule has 0 bridgehead atoms. The van der Waals surface area contributed by atoms with Crippen molar-refractivity contribution in [2.75, 3.05) is 6.26 Å². The smallest absolute Gasteiger partial charge is 0.305 e. The quantitative estimate of drug-likeness (QED) is 0.702. The number of benzene rings is 1. The van der Waals surface area contributed by atoms with E-state index in [2.05, 4.69) is 5.32 Å². The number of carboxylic acids is 1. The van der Waals surface area contributed by atoms with Gasteiger partial charge in [-0.1, -0.05) is 12.1 Å². The van der Waals surface area contributed by atoms with Gasteiger partial charge in [0.25, 0.3) is 0 Å². The van der Waals surface area contributed by atoms with Crippen LogP contribution in [0.1, 0.15) is 50.6 Å². The first-order valence-electron chi connectivity index (χ1n) is 8.28. The molecule has 1 aliphatic heterocycles. The Morgan fingerprint density at radius 3 is 2.58 bits per heavy atom. The van der Waals surface area contributed by atoms with E-state index in [1.54, 1.807) is 11.8 Å². The molecule has 1 aliphatic rings. The molecule has 6 heteroatoms. The molecule has 3 atom stereocenters. The zero-order valence-corrected chi connectivity index (χ0v) is 15.0. The highest BCUT2D eigenvalue weighted by Crippen LogP contribution is 2.24. The van der Waals surface area contributed by atoms with Crippen molar-refractivity contribution in [1.82, 2.24) is 5.32 Å². The Balaban J connectivity index is 1.91. The molecule has 1 fully saturated rings. The molecule has 1 aromatic rings. The summed E-state index contributed by atoms with van der Waals surface area (Å²) in [5, 5.41) is 12.0. The monoisotopic (exact) mass is 351 g/mol. The van der Waals surface area contributed by atoms with E-state index in [0.717, 1.165) is 23.3 Å².